The third kappa shape index (κ3) is 4.07. The van der Waals surface area contributed by atoms with E-state index in [-0.39, 0.29) is 22.1 Å². The Morgan fingerprint density at radius 2 is 1.77 bits per heavy atom. The molecule has 0 saturated carbocycles. The van der Waals surface area contributed by atoms with Crippen molar-refractivity contribution in [3.8, 4) is 5.75 Å². The molecule has 3 rings (SSSR count). The first-order chi connectivity index (χ1) is 13.9. The number of anilines is 1. The van der Waals surface area contributed by atoms with Crippen LogP contribution in [0.5, 0.6) is 5.75 Å². The number of hydrogen-bond donors (Lipinski definition) is 1. The van der Waals surface area contributed by atoms with Gasteiger partial charge in [0.2, 0.25) is 26.0 Å². The zero-order valence-electron chi connectivity index (χ0n) is 17.1. The Labute approximate surface area is 177 Å². The van der Waals surface area contributed by atoms with Gasteiger partial charge in [-0.25, -0.2) is 25.9 Å². The van der Waals surface area contributed by atoms with Gasteiger partial charge < -0.3 is 4.74 Å². The van der Waals surface area contributed by atoms with Crippen molar-refractivity contribution in [2.24, 2.45) is 5.41 Å². The maximum Gasteiger partial charge on any atom is 0.247 e. The highest BCUT2D eigenvalue weighted by molar-refractivity contribution is 7.94. The number of carbonyl (C=O) groups is 1. The van der Waals surface area contributed by atoms with Gasteiger partial charge in [-0.05, 0) is 44.5 Å². The van der Waals surface area contributed by atoms with Crippen molar-refractivity contribution in [1.82, 2.24) is 4.72 Å². The lowest BCUT2D eigenvalue weighted by molar-refractivity contribution is -0.123. The van der Waals surface area contributed by atoms with Gasteiger partial charge in [0.25, 0.3) is 0 Å². The first kappa shape index (κ1) is 22.3. The maximum absolute atomic E-state index is 13.1. The maximum atomic E-state index is 13.1. The topological polar surface area (TPSA) is 110 Å². The molecule has 1 aliphatic rings. The highest BCUT2D eigenvalue weighted by Crippen LogP contribution is 2.38. The van der Waals surface area contributed by atoms with E-state index in [0.29, 0.717) is 4.31 Å². The third-order valence-corrected chi connectivity index (χ3v) is 8.47. The summed E-state index contributed by atoms with van der Waals surface area (Å²) in [5.74, 6) is -0.924. The molecule has 1 atom stereocenters. The van der Waals surface area contributed by atoms with E-state index < -0.39 is 37.4 Å². The summed E-state index contributed by atoms with van der Waals surface area (Å²) in [6.07, 6.45) is 0. The number of amides is 1. The van der Waals surface area contributed by atoms with Gasteiger partial charge >= 0.3 is 0 Å². The fourth-order valence-electron chi connectivity index (χ4n) is 3.37. The second-order valence-corrected chi connectivity index (χ2v) is 11.3. The Bertz CT molecular complexity index is 1180. The molecular formula is C20H24N2O6S2. The van der Waals surface area contributed by atoms with Crippen LogP contribution in [0.2, 0.25) is 0 Å². The molecule has 0 aliphatic carbocycles. The molecule has 0 aromatic heterocycles. The lowest BCUT2D eigenvalue weighted by Crippen LogP contribution is -2.33. The van der Waals surface area contributed by atoms with Crippen LogP contribution in [0, 0.1) is 5.41 Å². The number of ether oxygens (including phenoxy) is 1. The molecule has 2 aromatic carbocycles. The predicted molar refractivity (Wildman–Crippen MR) is 113 cm³/mol. The zero-order valence-corrected chi connectivity index (χ0v) is 18.7. The predicted octanol–water partition coefficient (Wildman–Crippen LogP) is 2.44. The van der Waals surface area contributed by atoms with Gasteiger partial charge in [0.15, 0.2) is 0 Å². The van der Waals surface area contributed by atoms with Gasteiger partial charge in [0.05, 0.1) is 24.0 Å². The molecule has 1 aliphatic heterocycles. The van der Waals surface area contributed by atoms with E-state index in [1.165, 1.54) is 33.1 Å². The summed E-state index contributed by atoms with van der Waals surface area (Å²) in [7, 11) is -6.70. The van der Waals surface area contributed by atoms with E-state index in [9.17, 15) is 21.6 Å². The van der Waals surface area contributed by atoms with Crippen molar-refractivity contribution >= 4 is 31.6 Å². The molecule has 1 saturated heterocycles. The van der Waals surface area contributed by atoms with E-state index in [0.717, 1.165) is 11.6 Å². The standard InChI is InChI=1S/C20H24N2O6S2/c1-14(15-8-6-5-7-9-15)21-30(26,27)18-12-16(10-11-17(18)28-4)22-19(23)20(2,3)13-29(22,24)25/h5-12,14,21H,13H2,1-4H3/t14-/m1/s1. The zero-order chi connectivity index (χ0) is 22.3. The van der Waals surface area contributed by atoms with Crippen LogP contribution in [0.15, 0.2) is 53.4 Å². The molecule has 0 unspecified atom stereocenters. The van der Waals surface area contributed by atoms with Gasteiger partial charge in [-0.3, -0.25) is 4.79 Å². The molecule has 1 N–H and O–H groups in total. The number of benzene rings is 2. The van der Waals surface area contributed by atoms with Crippen LogP contribution >= 0.6 is 0 Å². The van der Waals surface area contributed by atoms with Crippen LogP contribution in [-0.4, -0.2) is 35.6 Å². The normalized spacial score (nSPS) is 18.9. The lowest BCUT2D eigenvalue weighted by Gasteiger charge is -2.20. The second-order valence-electron chi connectivity index (χ2n) is 7.80. The molecule has 8 nitrogen and oxygen atoms in total. The summed E-state index contributed by atoms with van der Waals surface area (Å²) in [4.78, 5) is 12.4. The number of hydrogen-bond acceptors (Lipinski definition) is 6. The minimum Gasteiger partial charge on any atom is -0.495 e. The minimum atomic E-state index is -4.09. The number of carbonyl (C=O) groups excluding carboxylic acids is 1. The van der Waals surface area contributed by atoms with Crippen molar-refractivity contribution in [2.45, 2.75) is 31.7 Å². The highest BCUT2D eigenvalue weighted by atomic mass is 32.2. The average Bonchev–Trinajstić information content (AvgIpc) is 2.84. The summed E-state index contributed by atoms with van der Waals surface area (Å²) >= 11 is 0. The SMILES string of the molecule is COc1ccc(N2C(=O)C(C)(C)CS2(=O)=O)cc1S(=O)(=O)N[C@H](C)c1ccccc1. The van der Waals surface area contributed by atoms with E-state index in [2.05, 4.69) is 4.72 Å². The number of rotatable bonds is 6. The van der Waals surface area contributed by atoms with Crippen molar-refractivity contribution < 1.29 is 26.4 Å². The van der Waals surface area contributed by atoms with Gasteiger partial charge in [-0.1, -0.05) is 30.3 Å². The monoisotopic (exact) mass is 452 g/mol. The van der Waals surface area contributed by atoms with Crippen LogP contribution in [0.4, 0.5) is 5.69 Å². The van der Waals surface area contributed by atoms with Crippen molar-refractivity contribution in [2.75, 3.05) is 17.2 Å². The van der Waals surface area contributed by atoms with E-state index in [4.69, 9.17) is 4.74 Å². The molecule has 10 heteroatoms. The molecule has 30 heavy (non-hydrogen) atoms. The van der Waals surface area contributed by atoms with E-state index in [1.807, 2.05) is 6.07 Å². The highest BCUT2D eigenvalue weighted by Gasteiger charge is 2.50. The summed E-state index contributed by atoms with van der Waals surface area (Å²) in [5, 5.41) is 0. The Hall–Kier alpha value is -2.43. The van der Waals surface area contributed by atoms with E-state index >= 15 is 0 Å². The van der Waals surface area contributed by atoms with Crippen LogP contribution in [0.1, 0.15) is 32.4 Å². The number of nitrogens with one attached hydrogen (secondary N) is 1. The first-order valence-electron chi connectivity index (χ1n) is 9.22. The molecule has 0 spiro atoms. The smallest absolute Gasteiger partial charge is 0.247 e. The fourth-order valence-corrected chi connectivity index (χ4v) is 6.89. The molecule has 0 bridgehead atoms. The number of methoxy groups -OCH3 is 1. The van der Waals surface area contributed by atoms with Crippen molar-refractivity contribution in [3.63, 3.8) is 0 Å². The van der Waals surface area contributed by atoms with Gasteiger partial charge in [-0.15, -0.1) is 0 Å². The van der Waals surface area contributed by atoms with Crippen LogP contribution in [-0.2, 0) is 24.8 Å². The summed E-state index contributed by atoms with van der Waals surface area (Å²) in [6.45, 7) is 4.77. The summed E-state index contributed by atoms with van der Waals surface area (Å²) in [5.41, 5.74) is -0.382. The second kappa shape index (κ2) is 7.68. The Balaban J connectivity index is 2.04. The molecule has 1 heterocycles. The summed E-state index contributed by atoms with van der Waals surface area (Å²) < 4.78 is 59.8. The van der Waals surface area contributed by atoms with Crippen LogP contribution in [0.25, 0.3) is 0 Å². The third-order valence-electron chi connectivity index (χ3n) is 4.89. The Morgan fingerprint density at radius 3 is 2.30 bits per heavy atom. The van der Waals surface area contributed by atoms with Crippen molar-refractivity contribution in [3.05, 3.63) is 54.1 Å². The van der Waals surface area contributed by atoms with Crippen LogP contribution in [0.3, 0.4) is 0 Å². The largest absolute Gasteiger partial charge is 0.495 e. The van der Waals surface area contributed by atoms with E-state index in [1.54, 1.807) is 31.2 Å². The van der Waals surface area contributed by atoms with Gasteiger partial charge in [0, 0.05) is 6.04 Å². The summed E-state index contributed by atoms with van der Waals surface area (Å²) in [6, 6.07) is 12.3. The molecule has 2 aromatic rings. The average molecular weight is 453 g/mol. The number of nitrogens with zero attached hydrogens (tertiary/aromatic N) is 1. The van der Waals surface area contributed by atoms with Crippen molar-refractivity contribution in [1.29, 1.82) is 0 Å². The molecule has 0 radical (unpaired) electrons. The fraction of sp³-hybridized carbons (Fsp3) is 0.350. The lowest BCUT2D eigenvalue weighted by atomic mass is 9.95. The first-order valence-corrected chi connectivity index (χ1v) is 12.3. The minimum absolute atomic E-state index is 0.0369. The molecular weight excluding hydrogens is 428 g/mol. The molecule has 162 valence electrons. The van der Waals surface area contributed by atoms with Gasteiger partial charge in [0.1, 0.15) is 10.6 Å². The Kier molecular flexibility index (Phi) is 5.70. The van der Waals surface area contributed by atoms with Crippen LogP contribution < -0.4 is 13.8 Å². The molecule has 1 amide bonds. The number of sulfonamides is 2. The quantitative estimate of drug-likeness (QED) is 0.721. The molecule has 1 fully saturated rings. The van der Waals surface area contributed by atoms with Gasteiger partial charge in [-0.2, -0.15) is 0 Å². The Morgan fingerprint density at radius 1 is 1.13 bits per heavy atom.